The molecule has 0 aromatic heterocycles. The largest absolute Gasteiger partial charge is 0.480 e. The third kappa shape index (κ3) is 2.48. The van der Waals surface area contributed by atoms with Crippen molar-refractivity contribution >= 4 is 33.7 Å². The molecule has 0 amide bonds. The van der Waals surface area contributed by atoms with E-state index in [1.54, 1.807) is 11.8 Å². The molecule has 0 radical (unpaired) electrons. The van der Waals surface area contributed by atoms with Crippen molar-refractivity contribution in [2.24, 2.45) is 0 Å². The summed E-state index contributed by atoms with van der Waals surface area (Å²) in [7, 11) is 0. The van der Waals surface area contributed by atoms with Gasteiger partial charge in [0.15, 0.2) is 0 Å². The predicted octanol–water partition coefficient (Wildman–Crippen LogP) is 5.09. The van der Waals surface area contributed by atoms with Gasteiger partial charge in [-0.15, -0.1) is 0 Å². The van der Waals surface area contributed by atoms with E-state index in [1.807, 2.05) is 48.5 Å². The zero-order chi connectivity index (χ0) is 15.6. The van der Waals surface area contributed by atoms with Crippen LogP contribution < -0.4 is 0 Å². The highest BCUT2D eigenvalue weighted by atomic mass is 79.9. The van der Waals surface area contributed by atoms with E-state index in [2.05, 4.69) is 15.9 Å². The first-order chi connectivity index (χ1) is 10.7. The van der Waals surface area contributed by atoms with Crippen molar-refractivity contribution in [1.82, 2.24) is 0 Å². The van der Waals surface area contributed by atoms with Gasteiger partial charge in [0, 0.05) is 15.1 Å². The third-order valence-electron chi connectivity index (χ3n) is 4.21. The van der Waals surface area contributed by atoms with Crippen molar-refractivity contribution in [3.05, 3.63) is 59.7 Å². The third-order valence-corrected chi connectivity index (χ3v) is 5.93. The Labute approximate surface area is 143 Å². The van der Waals surface area contributed by atoms with Gasteiger partial charge in [0.2, 0.25) is 0 Å². The van der Waals surface area contributed by atoms with E-state index >= 15 is 0 Å². The SMILES string of the molecule is O=C(O)C1(CCCCBr)c2ccccc2Sc2ccccc21. The van der Waals surface area contributed by atoms with Gasteiger partial charge in [0.25, 0.3) is 0 Å². The number of fused-ring (bicyclic) bond motifs is 2. The minimum Gasteiger partial charge on any atom is -0.480 e. The maximum absolute atomic E-state index is 12.4. The van der Waals surface area contributed by atoms with Gasteiger partial charge in [-0.2, -0.15) is 0 Å². The quantitative estimate of drug-likeness (QED) is 0.583. The second kappa shape index (κ2) is 6.47. The van der Waals surface area contributed by atoms with Gasteiger partial charge < -0.3 is 5.11 Å². The Morgan fingerprint density at radius 1 is 1.00 bits per heavy atom. The normalized spacial score (nSPS) is 15.0. The summed E-state index contributed by atoms with van der Waals surface area (Å²) in [6, 6.07) is 15.8. The lowest BCUT2D eigenvalue weighted by molar-refractivity contribution is -0.142. The van der Waals surface area contributed by atoms with Crippen molar-refractivity contribution in [2.45, 2.75) is 34.5 Å². The number of rotatable bonds is 5. The number of carboxylic acid groups (broad SMARTS) is 1. The fourth-order valence-electron chi connectivity index (χ4n) is 3.17. The van der Waals surface area contributed by atoms with Gasteiger partial charge in [-0.05, 0) is 36.1 Å². The molecule has 0 unspecified atom stereocenters. The van der Waals surface area contributed by atoms with Crippen LogP contribution in [0.2, 0.25) is 0 Å². The van der Waals surface area contributed by atoms with Crippen LogP contribution in [0.1, 0.15) is 30.4 Å². The van der Waals surface area contributed by atoms with Gasteiger partial charge >= 0.3 is 5.97 Å². The van der Waals surface area contributed by atoms with E-state index < -0.39 is 11.4 Å². The van der Waals surface area contributed by atoms with Gasteiger partial charge in [0.1, 0.15) is 5.41 Å². The lowest BCUT2D eigenvalue weighted by Gasteiger charge is -2.37. The number of alkyl halides is 1. The number of carboxylic acids is 1. The van der Waals surface area contributed by atoms with E-state index in [-0.39, 0.29) is 0 Å². The molecule has 2 aromatic rings. The van der Waals surface area contributed by atoms with Crippen LogP contribution in [-0.4, -0.2) is 16.4 Å². The topological polar surface area (TPSA) is 37.3 Å². The number of aliphatic carboxylic acids is 1. The Balaban J connectivity index is 2.20. The summed E-state index contributed by atoms with van der Waals surface area (Å²) in [5.41, 5.74) is 0.933. The van der Waals surface area contributed by atoms with E-state index in [1.165, 1.54) is 0 Å². The molecule has 1 aliphatic heterocycles. The lowest BCUT2D eigenvalue weighted by Crippen LogP contribution is -2.39. The molecule has 22 heavy (non-hydrogen) atoms. The smallest absolute Gasteiger partial charge is 0.318 e. The minimum absolute atomic E-state index is 0.628. The number of unbranched alkanes of at least 4 members (excludes halogenated alkanes) is 1. The summed E-state index contributed by atoms with van der Waals surface area (Å²) in [5, 5.41) is 11.1. The van der Waals surface area contributed by atoms with Crippen molar-refractivity contribution in [2.75, 3.05) is 5.33 Å². The second-order valence-corrected chi connectivity index (χ2v) is 7.33. The Morgan fingerprint density at radius 2 is 1.55 bits per heavy atom. The predicted molar refractivity (Wildman–Crippen MR) is 93.1 cm³/mol. The van der Waals surface area contributed by atoms with E-state index in [9.17, 15) is 9.90 Å². The molecule has 0 fully saturated rings. The molecule has 3 rings (SSSR count). The molecule has 2 aromatic carbocycles. The molecule has 0 atom stereocenters. The van der Waals surface area contributed by atoms with E-state index in [4.69, 9.17) is 0 Å². The summed E-state index contributed by atoms with van der Waals surface area (Å²) in [4.78, 5) is 14.5. The standard InChI is InChI=1S/C18H17BrO2S/c19-12-6-5-11-18(17(20)21)13-7-1-3-9-15(13)22-16-10-4-2-8-14(16)18/h1-4,7-10H,5-6,11-12H2,(H,20,21). The maximum atomic E-state index is 12.4. The number of hydrogen-bond acceptors (Lipinski definition) is 2. The second-order valence-electron chi connectivity index (χ2n) is 5.45. The van der Waals surface area contributed by atoms with Crippen LogP contribution in [0.3, 0.4) is 0 Å². The van der Waals surface area contributed by atoms with Crippen LogP contribution in [-0.2, 0) is 10.2 Å². The zero-order valence-electron chi connectivity index (χ0n) is 12.1. The number of benzene rings is 2. The molecule has 2 nitrogen and oxygen atoms in total. The van der Waals surface area contributed by atoms with Crippen molar-refractivity contribution in [1.29, 1.82) is 0 Å². The molecule has 0 saturated heterocycles. The summed E-state index contributed by atoms with van der Waals surface area (Å²) in [6.45, 7) is 0. The van der Waals surface area contributed by atoms with Crippen LogP contribution in [0.25, 0.3) is 0 Å². The van der Waals surface area contributed by atoms with E-state index in [0.29, 0.717) is 6.42 Å². The maximum Gasteiger partial charge on any atom is 0.318 e. The van der Waals surface area contributed by atoms with Crippen LogP contribution >= 0.6 is 27.7 Å². The molecule has 4 heteroatoms. The van der Waals surface area contributed by atoms with Gasteiger partial charge in [-0.1, -0.05) is 70.5 Å². The Morgan fingerprint density at radius 3 is 2.05 bits per heavy atom. The summed E-state index contributed by atoms with van der Waals surface area (Å²) < 4.78 is 0. The molecule has 0 aliphatic carbocycles. The average molecular weight is 377 g/mol. The Kier molecular flexibility index (Phi) is 4.59. The number of hydrogen-bond donors (Lipinski definition) is 1. The molecular formula is C18H17BrO2S. The highest BCUT2D eigenvalue weighted by molar-refractivity contribution is 9.09. The highest BCUT2D eigenvalue weighted by Gasteiger charge is 2.46. The molecule has 0 bridgehead atoms. The summed E-state index contributed by atoms with van der Waals surface area (Å²) in [5.74, 6) is -0.748. The molecular weight excluding hydrogens is 360 g/mol. The molecule has 0 saturated carbocycles. The number of halogens is 1. The highest BCUT2D eigenvalue weighted by Crippen LogP contribution is 2.51. The van der Waals surface area contributed by atoms with Crippen molar-refractivity contribution in [3.8, 4) is 0 Å². The first-order valence-electron chi connectivity index (χ1n) is 7.36. The fraction of sp³-hybridized carbons (Fsp3) is 0.278. The molecule has 0 spiro atoms. The minimum atomic E-state index is -0.930. The van der Waals surface area contributed by atoms with Crippen LogP contribution in [0, 0.1) is 0 Å². The molecule has 1 aliphatic rings. The van der Waals surface area contributed by atoms with Crippen LogP contribution in [0.4, 0.5) is 0 Å². The Hall–Kier alpha value is -1.26. The average Bonchev–Trinajstić information content (AvgIpc) is 2.54. The monoisotopic (exact) mass is 376 g/mol. The molecule has 1 N–H and O–H groups in total. The number of carbonyl (C=O) groups is 1. The molecule has 114 valence electrons. The van der Waals surface area contributed by atoms with Gasteiger partial charge in [-0.25, -0.2) is 0 Å². The summed E-state index contributed by atoms with van der Waals surface area (Å²) >= 11 is 5.11. The molecule has 1 heterocycles. The summed E-state index contributed by atoms with van der Waals surface area (Å²) in [6.07, 6.45) is 2.49. The lowest BCUT2D eigenvalue weighted by atomic mass is 9.70. The van der Waals surface area contributed by atoms with Crippen molar-refractivity contribution < 1.29 is 9.90 Å². The van der Waals surface area contributed by atoms with Gasteiger partial charge in [0.05, 0.1) is 0 Å². The first-order valence-corrected chi connectivity index (χ1v) is 9.30. The fourth-order valence-corrected chi connectivity index (χ4v) is 4.80. The Bertz CT molecular complexity index is 653. The first kappa shape index (κ1) is 15.6. The van der Waals surface area contributed by atoms with Crippen molar-refractivity contribution in [3.63, 3.8) is 0 Å². The van der Waals surface area contributed by atoms with Gasteiger partial charge in [-0.3, -0.25) is 4.79 Å². The van der Waals surface area contributed by atoms with Crippen LogP contribution in [0.15, 0.2) is 58.3 Å². The zero-order valence-corrected chi connectivity index (χ0v) is 14.5. The van der Waals surface area contributed by atoms with E-state index in [0.717, 1.165) is 39.1 Å². The van der Waals surface area contributed by atoms with Crippen LogP contribution in [0.5, 0.6) is 0 Å².